The van der Waals surface area contributed by atoms with Crippen LogP contribution < -0.4 is 0 Å². The Hall–Kier alpha value is -1.13. The summed E-state index contributed by atoms with van der Waals surface area (Å²) in [6.07, 6.45) is 0.895. The lowest BCUT2D eigenvalue weighted by Gasteiger charge is -2.30. The minimum atomic E-state index is -0.584. The van der Waals surface area contributed by atoms with E-state index in [-0.39, 0.29) is 12.1 Å². The van der Waals surface area contributed by atoms with Crippen LogP contribution in [0, 0.1) is 5.82 Å². The van der Waals surface area contributed by atoms with E-state index in [4.69, 9.17) is 11.6 Å². The van der Waals surface area contributed by atoms with Gasteiger partial charge in [-0.1, -0.05) is 11.6 Å². The second-order valence-corrected chi connectivity index (χ2v) is 4.61. The fraction of sp³-hybridized carbons (Fsp3) is 0.417. The first-order valence-corrected chi connectivity index (χ1v) is 5.88. The molecular weight excluding hydrogens is 245 g/mol. The molecule has 17 heavy (non-hydrogen) atoms. The molecule has 3 nitrogen and oxygen atoms in total. The Labute approximate surface area is 104 Å². The highest BCUT2D eigenvalue weighted by Gasteiger charge is 2.24. The smallest absolute Gasteiger partial charge is 0.256 e. The van der Waals surface area contributed by atoms with E-state index in [2.05, 4.69) is 0 Å². The first-order chi connectivity index (χ1) is 8.08. The van der Waals surface area contributed by atoms with Gasteiger partial charge in [-0.25, -0.2) is 4.39 Å². The molecule has 1 saturated heterocycles. The number of rotatable bonds is 1. The molecule has 1 fully saturated rings. The zero-order valence-electron chi connectivity index (χ0n) is 9.20. The predicted octanol–water partition coefficient (Wildman–Crippen LogP) is 2.08. The summed E-state index contributed by atoms with van der Waals surface area (Å²) in [7, 11) is 0. The number of halogens is 2. The van der Waals surface area contributed by atoms with Crippen LogP contribution in [-0.4, -0.2) is 35.1 Å². The van der Waals surface area contributed by atoms with Crippen molar-refractivity contribution in [1.82, 2.24) is 4.90 Å². The summed E-state index contributed by atoms with van der Waals surface area (Å²) >= 11 is 5.74. The zero-order chi connectivity index (χ0) is 12.4. The van der Waals surface area contributed by atoms with Crippen LogP contribution in [0.4, 0.5) is 4.39 Å². The van der Waals surface area contributed by atoms with Gasteiger partial charge in [0.05, 0.1) is 11.7 Å². The molecule has 0 saturated carbocycles. The van der Waals surface area contributed by atoms with Crippen LogP contribution in [-0.2, 0) is 0 Å². The largest absolute Gasteiger partial charge is 0.391 e. The SMILES string of the molecule is O=C(c1cc(Cl)ccc1F)N1CCC[C@H](O)C1. The third kappa shape index (κ3) is 2.76. The van der Waals surface area contributed by atoms with Gasteiger partial charge in [0.2, 0.25) is 0 Å². The Morgan fingerprint density at radius 3 is 3.00 bits per heavy atom. The number of likely N-dealkylation sites (tertiary alicyclic amines) is 1. The Balaban J connectivity index is 2.21. The van der Waals surface area contributed by atoms with Crippen molar-refractivity contribution >= 4 is 17.5 Å². The third-order valence-electron chi connectivity index (χ3n) is 2.84. The molecule has 0 aromatic heterocycles. The molecule has 1 atom stereocenters. The van der Waals surface area contributed by atoms with Gasteiger partial charge in [-0.15, -0.1) is 0 Å². The lowest BCUT2D eigenvalue weighted by molar-refractivity contribution is 0.0470. The second kappa shape index (κ2) is 5.02. The van der Waals surface area contributed by atoms with E-state index in [0.29, 0.717) is 18.0 Å². The maximum absolute atomic E-state index is 13.5. The van der Waals surface area contributed by atoms with Crippen molar-refractivity contribution in [3.05, 3.63) is 34.6 Å². The standard InChI is InChI=1S/C12H13ClFNO2/c13-8-3-4-11(14)10(6-8)12(17)15-5-1-2-9(16)7-15/h3-4,6,9,16H,1-2,5,7H2/t9-/m0/s1. The Kier molecular flexibility index (Phi) is 3.64. The Morgan fingerprint density at radius 2 is 2.29 bits per heavy atom. The first kappa shape index (κ1) is 12.3. The number of carbonyl (C=O) groups excluding carboxylic acids is 1. The van der Waals surface area contributed by atoms with E-state index in [9.17, 15) is 14.3 Å². The van der Waals surface area contributed by atoms with E-state index in [1.54, 1.807) is 0 Å². The van der Waals surface area contributed by atoms with E-state index in [0.717, 1.165) is 6.42 Å². The summed E-state index contributed by atoms with van der Waals surface area (Å²) in [5, 5.41) is 9.81. The molecule has 1 amide bonds. The summed E-state index contributed by atoms with van der Waals surface area (Å²) in [4.78, 5) is 13.5. The molecule has 1 aromatic rings. The molecule has 1 aliphatic heterocycles. The number of β-amino-alcohol motifs (C(OH)–C–C–N with tert-alkyl or cyclic N) is 1. The molecule has 0 spiro atoms. The average molecular weight is 258 g/mol. The average Bonchev–Trinajstić information content (AvgIpc) is 2.31. The van der Waals surface area contributed by atoms with Gasteiger partial charge in [0.15, 0.2) is 0 Å². The summed E-state index contributed by atoms with van der Waals surface area (Å²) in [5.41, 5.74) is -0.0356. The van der Waals surface area contributed by atoms with Gasteiger partial charge >= 0.3 is 0 Å². The van der Waals surface area contributed by atoms with Crippen LogP contribution >= 0.6 is 11.6 Å². The van der Waals surface area contributed by atoms with Crippen LogP contribution in [0.2, 0.25) is 5.02 Å². The number of hydrogen-bond donors (Lipinski definition) is 1. The molecule has 1 aliphatic rings. The molecule has 0 unspecified atom stereocenters. The molecule has 0 radical (unpaired) electrons. The molecular formula is C12H13ClFNO2. The van der Waals surface area contributed by atoms with E-state index in [1.807, 2.05) is 0 Å². The monoisotopic (exact) mass is 257 g/mol. The number of aliphatic hydroxyl groups is 1. The van der Waals surface area contributed by atoms with Gasteiger partial charge in [-0.05, 0) is 31.0 Å². The highest BCUT2D eigenvalue weighted by molar-refractivity contribution is 6.31. The summed E-state index contributed by atoms with van der Waals surface area (Å²) in [6, 6.07) is 3.90. The maximum atomic E-state index is 13.5. The quantitative estimate of drug-likeness (QED) is 0.837. The third-order valence-corrected chi connectivity index (χ3v) is 3.08. The van der Waals surface area contributed by atoms with Crippen LogP contribution in [0.1, 0.15) is 23.2 Å². The van der Waals surface area contributed by atoms with Gasteiger partial charge in [0.1, 0.15) is 5.82 Å². The topological polar surface area (TPSA) is 40.5 Å². The predicted molar refractivity (Wildman–Crippen MR) is 62.6 cm³/mol. The lowest BCUT2D eigenvalue weighted by Crippen LogP contribution is -2.42. The minimum Gasteiger partial charge on any atom is -0.391 e. The van der Waals surface area contributed by atoms with Crippen molar-refractivity contribution < 1.29 is 14.3 Å². The second-order valence-electron chi connectivity index (χ2n) is 4.17. The minimum absolute atomic E-state index is 0.0356. The van der Waals surface area contributed by atoms with Crippen molar-refractivity contribution in [1.29, 1.82) is 0 Å². The van der Waals surface area contributed by atoms with Gasteiger partial charge in [0, 0.05) is 18.1 Å². The molecule has 5 heteroatoms. The van der Waals surface area contributed by atoms with E-state index < -0.39 is 17.8 Å². The molecule has 2 rings (SSSR count). The van der Waals surface area contributed by atoms with Crippen molar-refractivity contribution in [2.24, 2.45) is 0 Å². The molecule has 1 N–H and O–H groups in total. The summed E-state index contributed by atoms with van der Waals surface area (Å²) in [5.74, 6) is -0.997. The fourth-order valence-corrected chi connectivity index (χ4v) is 2.14. The molecule has 0 aliphatic carbocycles. The number of amides is 1. The Bertz CT molecular complexity index is 439. The Morgan fingerprint density at radius 1 is 1.53 bits per heavy atom. The lowest BCUT2D eigenvalue weighted by atomic mass is 10.1. The maximum Gasteiger partial charge on any atom is 0.256 e. The van der Waals surface area contributed by atoms with Gasteiger partial charge < -0.3 is 10.0 Å². The van der Waals surface area contributed by atoms with Crippen molar-refractivity contribution in [2.45, 2.75) is 18.9 Å². The van der Waals surface area contributed by atoms with Crippen molar-refractivity contribution in [3.8, 4) is 0 Å². The summed E-state index contributed by atoms with van der Waals surface area (Å²) < 4.78 is 13.5. The highest BCUT2D eigenvalue weighted by Crippen LogP contribution is 2.19. The number of benzene rings is 1. The van der Waals surface area contributed by atoms with Crippen LogP contribution in [0.25, 0.3) is 0 Å². The number of piperidine rings is 1. The first-order valence-electron chi connectivity index (χ1n) is 5.50. The zero-order valence-corrected chi connectivity index (χ0v) is 9.95. The molecule has 92 valence electrons. The number of hydrogen-bond acceptors (Lipinski definition) is 2. The van der Waals surface area contributed by atoms with Gasteiger partial charge in [0.25, 0.3) is 5.91 Å². The van der Waals surface area contributed by atoms with Crippen molar-refractivity contribution in [2.75, 3.05) is 13.1 Å². The van der Waals surface area contributed by atoms with Gasteiger partial charge in [-0.3, -0.25) is 4.79 Å². The fourth-order valence-electron chi connectivity index (χ4n) is 1.97. The van der Waals surface area contributed by atoms with Crippen LogP contribution in [0.3, 0.4) is 0 Å². The van der Waals surface area contributed by atoms with Crippen LogP contribution in [0.15, 0.2) is 18.2 Å². The number of aliphatic hydroxyl groups excluding tert-OH is 1. The molecule has 1 heterocycles. The molecule has 1 aromatic carbocycles. The van der Waals surface area contributed by atoms with E-state index >= 15 is 0 Å². The highest BCUT2D eigenvalue weighted by atomic mass is 35.5. The van der Waals surface area contributed by atoms with E-state index in [1.165, 1.54) is 23.1 Å². The van der Waals surface area contributed by atoms with Crippen molar-refractivity contribution in [3.63, 3.8) is 0 Å². The normalized spacial score (nSPS) is 20.4. The number of carbonyl (C=O) groups is 1. The van der Waals surface area contributed by atoms with Gasteiger partial charge in [-0.2, -0.15) is 0 Å². The number of nitrogens with zero attached hydrogens (tertiary/aromatic N) is 1. The molecule has 0 bridgehead atoms. The van der Waals surface area contributed by atoms with Crippen LogP contribution in [0.5, 0.6) is 0 Å². The summed E-state index contributed by atoms with van der Waals surface area (Å²) in [6.45, 7) is 0.798.